The van der Waals surface area contributed by atoms with E-state index in [-0.39, 0.29) is 12.5 Å². The van der Waals surface area contributed by atoms with Gasteiger partial charge in [0.25, 0.3) is 5.91 Å². The van der Waals surface area contributed by atoms with E-state index in [0.717, 1.165) is 5.75 Å². The Kier molecular flexibility index (Phi) is 8.09. The SMILES string of the molecule is COCCOC(=O)c1c(C)[nH]c(C(=O)N(C)CCOc2ccc(OC)cc2)c1C. The summed E-state index contributed by atoms with van der Waals surface area (Å²) in [5, 5.41) is 0. The van der Waals surface area contributed by atoms with Gasteiger partial charge in [-0.3, -0.25) is 4.79 Å². The number of hydrogen-bond acceptors (Lipinski definition) is 6. The van der Waals surface area contributed by atoms with E-state index in [1.807, 2.05) is 12.1 Å². The number of aromatic nitrogens is 1. The molecule has 1 heterocycles. The van der Waals surface area contributed by atoms with E-state index < -0.39 is 5.97 Å². The van der Waals surface area contributed by atoms with Crippen molar-refractivity contribution in [1.82, 2.24) is 9.88 Å². The molecule has 0 radical (unpaired) electrons. The molecular weight excluding hydrogens is 376 g/mol. The largest absolute Gasteiger partial charge is 0.497 e. The molecule has 1 amide bonds. The smallest absolute Gasteiger partial charge is 0.340 e. The second-order valence-corrected chi connectivity index (χ2v) is 6.50. The number of ether oxygens (including phenoxy) is 4. The van der Waals surface area contributed by atoms with Crippen molar-refractivity contribution >= 4 is 11.9 Å². The molecule has 1 aromatic carbocycles. The van der Waals surface area contributed by atoms with Crippen molar-refractivity contribution in [3.63, 3.8) is 0 Å². The van der Waals surface area contributed by atoms with Crippen molar-refractivity contribution < 1.29 is 28.5 Å². The van der Waals surface area contributed by atoms with Crippen molar-refractivity contribution in [1.29, 1.82) is 0 Å². The summed E-state index contributed by atoms with van der Waals surface area (Å²) in [5.41, 5.74) is 1.91. The molecule has 0 saturated heterocycles. The van der Waals surface area contributed by atoms with Crippen molar-refractivity contribution in [2.24, 2.45) is 0 Å². The van der Waals surface area contributed by atoms with Gasteiger partial charge < -0.3 is 28.8 Å². The number of aromatic amines is 1. The van der Waals surface area contributed by atoms with Crippen molar-refractivity contribution in [2.75, 3.05) is 47.6 Å². The molecule has 0 aliphatic carbocycles. The van der Waals surface area contributed by atoms with Crippen LogP contribution in [0.3, 0.4) is 0 Å². The number of methoxy groups -OCH3 is 2. The minimum Gasteiger partial charge on any atom is -0.497 e. The van der Waals surface area contributed by atoms with Crippen molar-refractivity contribution in [3.8, 4) is 11.5 Å². The lowest BCUT2D eigenvalue weighted by Gasteiger charge is -2.17. The molecule has 0 fully saturated rings. The maximum atomic E-state index is 12.8. The van der Waals surface area contributed by atoms with Crippen LogP contribution in [0.5, 0.6) is 11.5 Å². The molecule has 0 saturated carbocycles. The van der Waals surface area contributed by atoms with E-state index in [4.69, 9.17) is 18.9 Å². The Morgan fingerprint density at radius 1 is 1.00 bits per heavy atom. The standard InChI is InChI=1S/C21H28N2O6/c1-14-18(21(25)29-13-12-26-4)15(2)22-19(14)20(24)23(3)10-11-28-17-8-6-16(27-5)7-9-17/h6-9,22H,10-13H2,1-5H3. The zero-order valence-corrected chi connectivity index (χ0v) is 17.5. The van der Waals surface area contributed by atoms with Gasteiger partial charge in [0.2, 0.25) is 0 Å². The fraction of sp³-hybridized carbons (Fsp3) is 0.429. The minimum atomic E-state index is -0.474. The van der Waals surface area contributed by atoms with Crippen LogP contribution in [0.4, 0.5) is 0 Å². The third-order valence-corrected chi connectivity index (χ3v) is 4.48. The number of benzene rings is 1. The van der Waals surface area contributed by atoms with Gasteiger partial charge in [0.15, 0.2) is 0 Å². The van der Waals surface area contributed by atoms with Crippen LogP contribution in [0.2, 0.25) is 0 Å². The molecule has 0 aliphatic heterocycles. The van der Waals surface area contributed by atoms with Crippen LogP contribution in [0.15, 0.2) is 24.3 Å². The molecule has 0 aliphatic rings. The number of aryl methyl sites for hydroxylation is 1. The molecule has 8 heteroatoms. The highest BCUT2D eigenvalue weighted by Crippen LogP contribution is 2.20. The molecular formula is C21H28N2O6. The first-order chi connectivity index (χ1) is 13.9. The Morgan fingerprint density at radius 2 is 1.66 bits per heavy atom. The van der Waals surface area contributed by atoms with E-state index >= 15 is 0 Å². The number of rotatable bonds is 10. The first-order valence-electron chi connectivity index (χ1n) is 9.26. The molecule has 1 N–H and O–H groups in total. The first-order valence-corrected chi connectivity index (χ1v) is 9.26. The molecule has 1 aromatic heterocycles. The Bertz CT molecular complexity index is 828. The average Bonchev–Trinajstić information content (AvgIpc) is 3.02. The molecule has 8 nitrogen and oxygen atoms in total. The molecule has 0 bridgehead atoms. The van der Waals surface area contributed by atoms with E-state index in [1.54, 1.807) is 45.0 Å². The van der Waals surface area contributed by atoms with Gasteiger partial charge in [0, 0.05) is 19.9 Å². The summed E-state index contributed by atoms with van der Waals surface area (Å²) in [6, 6.07) is 7.23. The summed E-state index contributed by atoms with van der Waals surface area (Å²) < 4.78 is 20.8. The quantitative estimate of drug-likeness (QED) is 0.484. The molecule has 2 rings (SSSR count). The number of likely N-dealkylation sites (N-methyl/N-ethyl adjacent to an activating group) is 1. The van der Waals surface area contributed by atoms with Crippen LogP contribution < -0.4 is 9.47 Å². The Morgan fingerprint density at radius 3 is 2.28 bits per heavy atom. The monoisotopic (exact) mass is 404 g/mol. The van der Waals surface area contributed by atoms with E-state index in [2.05, 4.69) is 4.98 Å². The van der Waals surface area contributed by atoms with Crippen LogP contribution in [0.1, 0.15) is 32.1 Å². The van der Waals surface area contributed by atoms with Gasteiger partial charge in [0.1, 0.15) is 30.4 Å². The molecule has 2 aromatic rings. The average molecular weight is 404 g/mol. The normalized spacial score (nSPS) is 10.5. The Hall–Kier alpha value is -3.00. The van der Waals surface area contributed by atoms with Crippen LogP contribution >= 0.6 is 0 Å². The van der Waals surface area contributed by atoms with Gasteiger partial charge in [-0.25, -0.2) is 4.79 Å². The zero-order chi connectivity index (χ0) is 21.4. The topological polar surface area (TPSA) is 90.1 Å². The third-order valence-electron chi connectivity index (χ3n) is 4.48. The highest BCUT2D eigenvalue weighted by atomic mass is 16.6. The third kappa shape index (κ3) is 5.74. The number of carbonyl (C=O) groups excluding carboxylic acids is 2. The summed E-state index contributed by atoms with van der Waals surface area (Å²) in [4.78, 5) is 29.6. The number of carbonyl (C=O) groups is 2. The maximum absolute atomic E-state index is 12.8. The molecule has 0 unspecified atom stereocenters. The zero-order valence-electron chi connectivity index (χ0n) is 17.5. The van der Waals surface area contributed by atoms with E-state index in [0.29, 0.717) is 48.0 Å². The highest BCUT2D eigenvalue weighted by molar-refractivity contribution is 6.00. The van der Waals surface area contributed by atoms with Gasteiger partial charge in [-0.15, -0.1) is 0 Å². The fourth-order valence-electron chi connectivity index (χ4n) is 2.82. The van der Waals surface area contributed by atoms with Gasteiger partial charge in [0.05, 0.1) is 25.8 Å². The summed E-state index contributed by atoms with van der Waals surface area (Å²) in [5.74, 6) is 0.746. The van der Waals surface area contributed by atoms with Crippen LogP contribution in [0.25, 0.3) is 0 Å². The first kappa shape index (κ1) is 22.3. The number of esters is 1. The molecule has 29 heavy (non-hydrogen) atoms. The molecule has 0 atom stereocenters. The van der Waals surface area contributed by atoms with Crippen molar-refractivity contribution in [2.45, 2.75) is 13.8 Å². The predicted molar refractivity (Wildman–Crippen MR) is 108 cm³/mol. The summed E-state index contributed by atoms with van der Waals surface area (Å²) in [6.07, 6.45) is 0. The fourth-order valence-corrected chi connectivity index (χ4v) is 2.82. The van der Waals surface area contributed by atoms with Crippen LogP contribution in [-0.2, 0) is 9.47 Å². The van der Waals surface area contributed by atoms with Gasteiger partial charge in [-0.05, 0) is 43.7 Å². The summed E-state index contributed by atoms with van der Waals surface area (Å²) >= 11 is 0. The Labute approximate surface area is 170 Å². The molecule has 0 spiro atoms. The van der Waals surface area contributed by atoms with Gasteiger partial charge in [-0.1, -0.05) is 0 Å². The number of hydrogen-bond donors (Lipinski definition) is 1. The maximum Gasteiger partial charge on any atom is 0.340 e. The van der Waals surface area contributed by atoms with Crippen molar-refractivity contribution in [3.05, 3.63) is 46.8 Å². The Balaban J connectivity index is 1.96. The van der Waals surface area contributed by atoms with Crippen LogP contribution in [0, 0.1) is 13.8 Å². The van der Waals surface area contributed by atoms with E-state index in [9.17, 15) is 9.59 Å². The number of nitrogens with zero attached hydrogens (tertiary/aromatic N) is 1. The number of nitrogens with one attached hydrogen (secondary N) is 1. The lowest BCUT2D eigenvalue weighted by Crippen LogP contribution is -2.31. The van der Waals surface area contributed by atoms with Crippen LogP contribution in [-0.4, -0.2) is 69.4 Å². The lowest BCUT2D eigenvalue weighted by molar-refractivity contribution is 0.0387. The summed E-state index contributed by atoms with van der Waals surface area (Å²) in [7, 11) is 4.82. The predicted octanol–water partition coefficient (Wildman–Crippen LogP) is 2.59. The summed E-state index contributed by atoms with van der Waals surface area (Å²) in [6.45, 7) is 4.66. The van der Waals surface area contributed by atoms with Gasteiger partial charge >= 0.3 is 5.97 Å². The number of amides is 1. The second kappa shape index (κ2) is 10.5. The van der Waals surface area contributed by atoms with E-state index in [1.165, 1.54) is 7.11 Å². The van der Waals surface area contributed by atoms with Gasteiger partial charge in [-0.2, -0.15) is 0 Å². The highest BCUT2D eigenvalue weighted by Gasteiger charge is 2.24. The lowest BCUT2D eigenvalue weighted by atomic mass is 10.1. The molecule has 158 valence electrons. The minimum absolute atomic E-state index is 0.158. The number of H-pyrrole nitrogens is 1. The second-order valence-electron chi connectivity index (χ2n) is 6.50.